The lowest BCUT2D eigenvalue weighted by Gasteiger charge is -2.34. The van der Waals surface area contributed by atoms with Crippen LogP contribution in [0.1, 0.15) is 10.4 Å². The van der Waals surface area contributed by atoms with Gasteiger partial charge in [0.1, 0.15) is 18.2 Å². The zero-order valence-electron chi connectivity index (χ0n) is 17.4. The van der Waals surface area contributed by atoms with Gasteiger partial charge in [0.25, 0.3) is 5.91 Å². The van der Waals surface area contributed by atoms with Crippen molar-refractivity contribution in [1.29, 1.82) is 0 Å². The van der Waals surface area contributed by atoms with Crippen molar-refractivity contribution in [3.63, 3.8) is 0 Å². The fourth-order valence-corrected chi connectivity index (χ4v) is 4.29. The summed E-state index contributed by atoms with van der Waals surface area (Å²) in [5.41, 5.74) is -0.0102. The summed E-state index contributed by atoms with van der Waals surface area (Å²) in [6.07, 6.45) is 0. The van der Waals surface area contributed by atoms with Gasteiger partial charge in [0.15, 0.2) is 0 Å². The first kappa shape index (κ1) is 23.5. The predicted molar refractivity (Wildman–Crippen MR) is 117 cm³/mol. The van der Waals surface area contributed by atoms with Gasteiger partial charge in [0.05, 0.1) is 10.5 Å². The normalized spacial score (nSPS) is 15.3. The van der Waals surface area contributed by atoms with E-state index in [4.69, 9.17) is 16.3 Å². The van der Waals surface area contributed by atoms with Gasteiger partial charge in [-0.3, -0.25) is 9.69 Å². The molecule has 0 unspecified atom stereocenters. The first-order valence-corrected chi connectivity index (χ1v) is 11.6. The molecule has 0 radical (unpaired) electrons. The fourth-order valence-electron chi connectivity index (χ4n) is 3.22. The molecule has 2 aromatic carbocycles. The first-order chi connectivity index (χ1) is 14.7. The summed E-state index contributed by atoms with van der Waals surface area (Å²) in [5.74, 6) is -0.346. The minimum absolute atomic E-state index is 0.0102. The molecule has 31 heavy (non-hydrogen) atoms. The summed E-state index contributed by atoms with van der Waals surface area (Å²) in [4.78, 5) is 16.5. The minimum atomic E-state index is -3.46. The maximum absolute atomic E-state index is 13.9. The van der Waals surface area contributed by atoms with Crippen LogP contribution in [0.25, 0.3) is 0 Å². The Morgan fingerprint density at radius 2 is 1.74 bits per heavy atom. The third-order valence-electron chi connectivity index (χ3n) is 5.10. The van der Waals surface area contributed by atoms with Gasteiger partial charge in [-0.15, -0.1) is 0 Å². The number of piperazine rings is 1. The van der Waals surface area contributed by atoms with Gasteiger partial charge in [-0.05, 0) is 42.5 Å². The molecule has 7 nitrogen and oxygen atoms in total. The van der Waals surface area contributed by atoms with Crippen LogP contribution in [0.3, 0.4) is 0 Å². The molecule has 1 heterocycles. The van der Waals surface area contributed by atoms with Crippen molar-refractivity contribution in [1.82, 2.24) is 14.1 Å². The summed E-state index contributed by atoms with van der Waals surface area (Å²) in [6.45, 7) is 3.36. The number of sulfonamides is 1. The molecule has 0 bridgehead atoms. The van der Waals surface area contributed by atoms with E-state index < -0.39 is 15.8 Å². The Kier molecular flexibility index (Phi) is 7.53. The van der Waals surface area contributed by atoms with Crippen molar-refractivity contribution in [2.45, 2.75) is 4.90 Å². The number of nitrogens with zero attached hydrogens (tertiary/aromatic N) is 3. The van der Waals surface area contributed by atoms with Crippen molar-refractivity contribution < 1.29 is 22.3 Å². The second-order valence-corrected chi connectivity index (χ2v) is 9.95. The lowest BCUT2D eigenvalue weighted by molar-refractivity contribution is 0.0616. The highest BCUT2D eigenvalue weighted by atomic mass is 35.5. The Morgan fingerprint density at radius 3 is 2.35 bits per heavy atom. The second kappa shape index (κ2) is 9.95. The van der Waals surface area contributed by atoms with Crippen molar-refractivity contribution in [3.8, 4) is 5.75 Å². The zero-order chi connectivity index (χ0) is 22.6. The highest BCUT2D eigenvalue weighted by Crippen LogP contribution is 2.19. The predicted octanol–water partition coefficient (Wildman–Crippen LogP) is 2.57. The van der Waals surface area contributed by atoms with E-state index in [9.17, 15) is 17.6 Å². The van der Waals surface area contributed by atoms with Crippen LogP contribution >= 0.6 is 11.6 Å². The topological polar surface area (TPSA) is 70.2 Å². The SMILES string of the molecule is CN(C)S(=O)(=O)c1ccc(OCCN2CCN(C(=O)c3cc(Cl)ccc3F)CC2)cc1. The number of ether oxygens (including phenoxy) is 1. The van der Waals surface area contributed by atoms with Crippen LogP contribution in [0.15, 0.2) is 47.4 Å². The van der Waals surface area contributed by atoms with Gasteiger partial charge in [0, 0.05) is 51.8 Å². The van der Waals surface area contributed by atoms with E-state index in [-0.39, 0.29) is 16.4 Å². The van der Waals surface area contributed by atoms with E-state index >= 15 is 0 Å². The highest BCUT2D eigenvalue weighted by molar-refractivity contribution is 7.89. The molecule has 168 valence electrons. The summed E-state index contributed by atoms with van der Waals surface area (Å²) in [5, 5.41) is 0.327. The number of halogens is 2. The quantitative estimate of drug-likeness (QED) is 0.623. The number of amides is 1. The van der Waals surface area contributed by atoms with Gasteiger partial charge in [-0.25, -0.2) is 17.1 Å². The molecular weight excluding hydrogens is 445 g/mol. The fraction of sp³-hybridized carbons (Fsp3) is 0.381. The third kappa shape index (κ3) is 5.74. The van der Waals surface area contributed by atoms with Gasteiger partial charge in [-0.2, -0.15) is 0 Å². The summed E-state index contributed by atoms with van der Waals surface area (Å²) in [6, 6.07) is 10.3. The van der Waals surface area contributed by atoms with Gasteiger partial charge in [-0.1, -0.05) is 11.6 Å². The molecular formula is C21H25ClFN3O4S. The molecule has 0 spiro atoms. The van der Waals surface area contributed by atoms with Crippen LogP contribution in [0.4, 0.5) is 4.39 Å². The number of rotatable bonds is 7. The van der Waals surface area contributed by atoms with Crippen LogP contribution in [0, 0.1) is 5.82 Å². The summed E-state index contributed by atoms with van der Waals surface area (Å²) < 4.78 is 45.0. The Morgan fingerprint density at radius 1 is 1.10 bits per heavy atom. The molecule has 1 aliphatic rings. The second-order valence-electron chi connectivity index (χ2n) is 7.37. The van der Waals surface area contributed by atoms with E-state index in [0.717, 1.165) is 4.31 Å². The zero-order valence-corrected chi connectivity index (χ0v) is 19.0. The molecule has 0 aromatic heterocycles. The Hall–Kier alpha value is -2.20. The molecule has 0 saturated carbocycles. The standard InChI is InChI=1S/C21H25ClFN3O4S/c1-24(2)31(28,29)18-6-4-17(5-7-18)30-14-13-25-9-11-26(12-10-25)21(27)19-15-16(22)3-8-20(19)23/h3-8,15H,9-14H2,1-2H3. The average molecular weight is 470 g/mol. The van der Waals surface area contributed by atoms with E-state index in [1.807, 2.05) is 0 Å². The lowest BCUT2D eigenvalue weighted by Crippen LogP contribution is -2.49. The molecule has 1 aliphatic heterocycles. The number of carbonyl (C=O) groups excluding carboxylic acids is 1. The maximum atomic E-state index is 13.9. The Labute approximate surface area is 187 Å². The van der Waals surface area contributed by atoms with Crippen LogP contribution in [-0.4, -0.2) is 81.9 Å². The monoisotopic (exact) mass is 469 g/mol. The van der Waals surface area contributed by atoms with E-state index in [1.165, 1.54) is 44.4 Å². The molecule has 3 rings (SSSR count). The van der Waals surface area contributed by atoms with Crippen LogP contribution < -0.4 is 4.74 Å². The van der Waals surface area contributed by atoms with Crippen LogP contribution in [0.2, 0.25) is 5.02 Å². The highest BCUT2D eigenvalue weighted by Gasteiger charge is 2.24. The third-order valence-corrected chi connectivity index (χ3v) is 7.16. The average Bonchev–Trinajstić information content (AvgIpc) is 2.75. The summed E-state index contributed by atoms with van der Waals surface area (Å²) >= 11 is 5.88. The molecule has 1 amide bonds. The van der Waals surface area contributed by atoms with E-state index in [2.05, 4.69) is 4.90 Å². The largest absolute Gasteiger partial charge is 0.492 e. The smallest absolute Gasteiger partial charge is 0.256 e. The molecule has 0 atom stereocenters. The first-order valence-electron chi connectivity index (χ1n) is 9.80. The minimum Gasteiger partial charge on any atom is -0.492 e. The lowest BCUT2D eigenvalue weighted by atomic mass is 10.1. The molecule has 10 heteroatoms. The molecule has 1 saturated heterocycles. The molecule has 0 aliphatic carbocycles. The van der Waals surface area contributed by atoms with E-state index in [0.29, 0.717) is 50.1 Å². The van der Waals surface area contributed by atoms with E-state index in [1.54, 1.807) is 17.0 Å². The number of carbonyl (C=O) groups is 1. The van der Waals surface area contributed by atoms with Crippen molar-refractivity contribution >= 4 is 27.5 Å². The van der Waals surface area contributed by atoms with Crippen molar-refractivity contribution in [2.24, 2.45) is 0 Å². The van der Waals surface area contributed by atoms with Gasteiger partial charge >= 0.3 is 0 Å². The molecule has 1 fully saturated rings. The Bertz CT molecular complexity index is 1020. The van der Waals surface area contributed by atoms with Crippen LogP contribution in [0.5, 0.6) is 5.75 Å². The summed E-state index contributed by atoms with van der Waals surface area (Å²) in [7, 11) is -0.493. The number of benzene rings is 2. The molecule has 0 N–H and O–H groups in total. The van der Waals surface area contributed by atoms with Gasteiger partial charge in [0.2, 0.25) is 10.0 Å². The number of hydrogen-bond acceptors (Lipinski definition) is 5. The van der Waals surface area contributed by atoms with Crippen LogP contribution in [-0.2, 0) is 10.0 Å². The van der Waals surface area contributed by atoms with Gasteiger partial charge < -0.3 is 9.64 Å². The Balaban J connectivity index is 1.45. The number of hydrogen-bond donors (Lipinski definition) is 0. The van der Waals surface area contributed by atoms with Crippen molar-refractivity contribution in [3.05, 3.63) is 58.9 Å². The van der Waals surface area contributed by atoms with Crippen molar-refractivity contribution in [2.75, 3.05) is 53.4 Å². The maximum Gasteiger partial charge on any atom is 0.256 e. The molecule has 2 aromatic rings.